The summed E-state index contributed by atoms with van der Waals surface area (Å²) < 4.78 is 5.60. The molecule has 0 bridgehead atoms. The molecule has 3 nitrogen and oxygen atoms in total. The first-order valence-electron chi connectivity index (χ1n) is 12.0. The Morgan fingerprint density at radius 3 is 1.97 bits per heavy atom. The van der Waals surface area contributed by atoms with Gasteiger partial charge in [-0.25, -0.2) is 0 Å². The molecule has 0 fully saturated rings. The van der Waals surface area contributed by atoms with Gasteiger partial charge in [0.05, 0.1) is 12.7 Å². The van der Waals surface area contributed by atoms with Gasteiger partial charge in [0.25, 0.3) is 0 Å². The predicted octanol–water partition coefficient (Wildman–Crippen LogP) is 7.61. The highest BCUT2D eigenvalue weighted by atomic mass is 35.5. The normalized spacial score (nSPS) is 12.2. The molecule has 0 amide bonds. The number of nitrogens with one attached hydrogen (secondary N) is 1. The average Bonchev–Trinajstić information content (AvgIpc) is 2.72. The maximum absolute atomic E-state index is 9.97. The molecule has 0 saturated heterocycles. The molecule has 0 aliphatic rings. The SMILES string of the molecule is CCCCCCCCCCCCCCCCOCC(O)CNc1cccc(Cl)c1. The van der Waals surface area contributed by atoms with E-state index in [-0.39, 0.29) is 0 Å². The topological polar surface area (TPSA) is 41.5 Å². The Kier molecular flexibility index (Phi) is 17.4. The number of aliphatic hydroxyl groups excluding tert-OH is 1. The lowest BCUT2D eigenvalue weighted by Crippen LogP contribution is -2.25. The molecular weight excluding hydrogens is 382 g/mol. The molecule has 168 valence electrons. The highest BCUT2D eigenvalue weighted by Crippen LogP contribution is 2.15. The van der Waals surface area contributed by atoms with E-state index >= 15 is 0 Å². The Hall–Kier alpha value is -0.770. The Morgan fingerprint density at radius 1 is 0.862 bits per heavy atom. The zero-order valence-corrected chi connectivity index (χ0v) is 19.4. The number of halogens is 1. The standard InChI is InChI=1S/C25H44ClNO2/c1-2-3-4-5-6-7-8-9-10-11-12-13-14-15-19-29-22-25(28)21-27-24-18-16-17-23(26)20-24/h16-18,20,25,27-28H,2-15,19,21-22H2,1H3. The van der Waals surface area contributed by atoms with Crippen LogP contribution in [0.2, 0.25) is 5.02 Å². The third kappa shape index (κ3) is 16.7. The Labute approximate surface area is 184 Å². The molecule has 0 aliphatic carbocycles. The summed E-state index contributed by atoms with van der Waals surface area (Å²) in [6, 6.07) is 7.52. The van der Waals surface area contributed by atoms with Crippen LogP contribution in [0, 0.1) is 0 Å². The summed E-state index contributed by atoms with van der Waals surface area (Å²) >= 11 is 5.94. The van der Waals surface area contributed by atoms with Crippen LogP contribution in [0.15, 0.2) is 24.3 Å². The number of hydrogen-bond acceptors (Lipinski definition) is 3. The zero-order valence-electron chi connectivity index (χ0n) is 18.6. The minimum absolute atomic E-state index is 0.381. The van der Waals surface area contributed by atoms with E-state index in [2.05, 4.69) is 12.2 Å². The number of ether oxygens (including phenoxy) is 1. The molecule has 1 atom stereocenters. The number of aliphatic hydroxyl groups is 1. The van der Waals surface area contributed by atoms with Crippen molar-refractivity contribution in [2.24, 2.45) is 0 Å². The van der Waals surface area contributed by atoms with E-state index in [0.717, 1.165) is 18.7 Å². The summed E-state index contributed by atoms with van der Waals surface area (Å²) in [5.74, 6) is 0. The van der Waals surface area contributed by atoms with Crippen molar-refractivity contribution in [2.75, 3.05) is 25.1 Å². The third-order valence-electron chi connectivity index (χ3n) is 5.32. The number of hydrogen-bond donors (Lipinski definition) is 2. The van der Waals surface area contributed by atoms with E-state index in [4.69, 9.17) is 16.3 Å². The molecule has 2 N–H and O–H groups in total. The second-order valence-electron chi connectivity index (χ2n) is 8.22. The fourth-order valence-corrected chi connectivity index (χ4v) is 3.70. The fraction of sp³-hybridized carbons (Fsp3) is 0.760. The van der Waals surface area contributed by atoms with Gasteiger partial charge in [0, 0.05) is 23.9 Å². The lowest BCUT2D eigenvalue weighted by Gasteiger charge is -2.13. The summed E-state index contributed by atoms with van der Waals surface area (Å²) in [6.07, 6.45) is 18.6. The second-order valence-corrected chi connectivity index (χ2v) is 8.65. The van der Waals surface area contributed by atoms with Crippen molar-refractivity contribution in [3.63, 3.8) is 0 Å². The van der Waals surface area contributed by atoms with E-state index in [1.165, 1.54) is 83.5 Å². The van der Waals surface area contributed by atoms with Gasteiger partial charge in [0.2, 0.25) is 0 Å². The minimum atomic E-state index is -0.499. The lowest BCUT2D eigenvalue weighted by molar-refractivity contribution is 0.0416. The molecule has 0 heterocycles. The van der Waals surface area contributed by atoms with Crippen molar-refractivity contribution in [2.45, 2.75) is 103 Å². The van der Waals surface area contributed by atoms with Crippen LogP contribution in [0.4, 0.5) is 5.69 Å². The summed E-state index contributed by atoms with van der Waals surface area (Å²) in [6.45, 7) is 3.87. The van der Waals surface area contributed by atoms with Gasteiger partial charge in [-0.2, -0.15) is 0 Å². The first kappa shape index (κ1) is 26.3. The van der Waals surface area contributed by atoms with Gasteiger partial charge in [-0.15, -0.1) is 0 Å². The van der Waals surface area contributed by atoms with Gasteiger partial charge >= 0.3 is 0 Å². The molecule has 1 aromatic carbocycles. The molecule has 0 aromatic heterocycles. The number of unbranched alkanes of at least 4 members (excludes halogenated alkanes) is 13. The first-order chi connectivity index (χ1) is 14.2. The van der Waals surface area contributed by atoms with Crippen LogP contribution in [0.5, 0.6) is 0 Å². The van der Waals surface area contributed by atoms with Gasteiger partial charge < -0.3 is 15.2 Å². The van der Waals surface area contributed by atoms with Crippen LogP contribution in [-0.4, -0.2) is 31.0 Å². The molecule has 1 rings (SSSR count). The van der Waals surface area contributed by atoms with Gasteiger partial charge in [-0.1, -0.05) is 108 Å². The number of benzene rings is 1. The van der Waals surface area contributed by atoms with E-state index in [1.807, 2.05) is 24.3 Å². The van der Waals surface area contributed by atoms with Crippen LogP contribution < -0.4 is 5.32 Å². The molecule has 1 unspecified atom stereocenters. The third-order valence-corrected chi connectivity index (χ3v) is 5.55. The molecule has 0 aliphatic heterocycles. The largest absolute Gasteiger partial charge is 0.389 e. The molecule has 29 heavy (non-hydrogen) atoms. The molecular formula is C25H44ClNO2. The van der Waals surface area contributed by atoms with Gasteiger partial charge in [-0.05, 0) is 24.6 Å². The maximum Gasteiger partial charge on any atom is 0.0945 e. The van der Waals surface area contributed by atoms with Crippen LogP contribution in [0.25, 0.3) is 0 Å². The first-order valence-corrected chi connectivity index (χ1v) is 12.4. The molecule has 1 aromatic rings. The van der Waals surface area contributed by atoms with E-state index < -0.39 is 6.10 Å². The number of anilines is 1. The minimum Gasteiger partial charge on any atom is -0.389 e. The quantitative estimate of drug-likeness (QED) is 0.211. The van der Waals surface area contributed by atoms with Crippen LogP contribution in [-0.2, 0) is 4.74 Å². The van der Waals surface area contributed by atoms with Crippen molar-refractivity contribution in [1.82, 2.24) is 0 Å². The van der Waals surface area contributed by atoms with Crippen LogP contribution in [0.1, 0.15) is 96.8 Å². The number of rotatable bonds is 20. The predicted molar refractivity (Wildman–Crippen MR) is 127 cm³/mol. The Balaban J connectivity index is 1.78. The summed E-state index contributed by atoms with van der Waals surface area (Å²) in [5, 5.41) is 13.8. The molecule has 0 radical (unpaired) electrons. The van der Waals surface area contributed by atoms with Crippen molar-refractivity contribution in [3.8, 4) is 0 Å². The van der Waals surface area contributed by atoms with Crippen LogP contribution in [0.3, 0.4) is 0 Å². The van der Waals surface area contributed by atoms with Gasteiger partial charge in [0.15, 0.2) is 0 Å². The Bertz CT molecular complexity index is 484. The average molecular weight is 426 g/mol. The highest BCUT2D eigenvalue weighted by Gasteiger charge is 2.04. The monoisotopic (exact) mass is 425 g/mol. The second kappa shape index (κ2) is 19.2. The van der Waals surface area contributed by atoms with E-state index in [1.54, 1.807) is 0 Å². The fourth-order valence-electron chi connectivity index (χ4n) is 3.51. The highest BCUT2D eigenvalue weighted by molar-refractivity contribution is 6.30. The molecule has 0 saturated carbocycles. The van der Waals surface area contributed by atoms with Crippen molar-refractivity contribution in [1.29, 1.82) is 0 Å². The summed E-state index contributed by atoms with van der Waals surface area (Å²) in [7, 11) is 0. The van der Waals surface area contributed by atoms with Crippen molar-refractivity contribution >= 4 is 17.3 Å². The van der Waals surface area contributed by atoms with Crippen LogP contribution >= 0.6 is 11.6 Å². The zero-order chi connectivity index (χ0) is 21.0. The maximum atomic E-state index is 9.97. The summed E-state index contributed by atoms with van der Waals surface area (Å²) in [4.78, 5) is 0. The van der Waals surface area contributed by atoms with Crippen molar-refractivity contribution < 1.29 is 9.84 Å². The molecule has 4 heteroatoms. The molecule has 0 spiro atoms. The van der Waals surface area contributed by atoms with Gasteiger partial charge in [0.1, 0.15) is 0 Å². The smallest absolute Gasteiger partial charge is 0.0945 e. The summed E-state index contributed by atoms with van der Waals surface area (Å²) in [5.41, 5.74) is 0.920. The lowest BCUT2D eigenvalue weighted by atomic mass is 10.0. The van der Waals surface area contributed by atoms with Crippen molar-refractivity contribution in [3.05, 3.63) is 29.3 Å². The van der Waals surface area contributed by atoms with E-state index in [9.17, 15) is 5.11 Å². The Morgan fingerprint density at radius 2 is 1.41 bits per heavy atom. The van der Waals surface area contributed by atoms with E-state index in [0.29, 0.717) is 18.2 Å². The van der Waals surface area contributed by atoms with Gasteiger partial charge in [-0.3, -0.25) is 0 Å².